The molecule has 5 nitrogen and oxygen atoms in total. The number of nitrogens with zero attached hydrogens (tertiary/aromatic N) is 2. The minimum Gasteiger partial charge on any atom is -0.423 e. The molecule has 0 amide bonds. The van der Waals surface area contributed by atoms with Crippen LogP contribution in [0.4, 0.5) is 0 Å². The maximum Gasteiger partial charge on any atom is 0.343 e. The second-order valence-corrected chi connectivity index (χ2v) is 7.47. The molecule has 0 atom stereocenters. The Morgan fingerprint density at radius 1 is 0.931 bits per heavy atom. The molecule has 5 rings (SSSR count). The van der Waals surface area contributed by atoms with Crippen LogP contribution in [0.5, 0.6) is 5.75 Å². The molecule has 0 unspecified atom stereocenters. The van der Waals surface area contributed by atoms with Gasteiger partial charge in [-0.25, -0.2) is 14.2 Å². The van der Waals surface area contributed by atoms with E-state index in [-0.39, 0.29) is 5.56 Å². The maximum atomic E-state index is 12.8. The van der Waals surface area contributed by atoms with Gasteiger partial charge in [0.1, 0.15) is 5.75 Å². The first kappa shape index (κ1) is 17.3. The van der Waals surface area contributed by atoms with Crippen molar-refractivity contribution in [2.24, 2.45) is 0 Å². The van der Waals surface area contributed by atoms with Gasteiger partial charge in [0.25, 0.3) is 5.56 Å². The van der Waals surface area contributed by atoms with Gasteiger partial charge in [-0.05, 0) is 48.0 Å². The molecule has 29 heavy (non-hydrogen) atoms. The van der Waals surface area contributed by atoms with Crippen molar-refractivity contribution in [2.75, 3.05) is 0 Å². The zero-order valence-electron chi connectivity index (χ0n) is 15.1. The van der Waals surface area contributed by atoms with Gasteiger partial charge in [0.2, 0.25) is 0 Å². The molecule has 0 aliphatic heterocycles. The van der Waals surface area contributed by atoms with E-state index < -0.39 is 5.97 Å². The molecular formula is C23H14N2O3S. The van der Waals surface area contributed by atoms with E-state index in [0.29, 0.717) is 20.8 Å². The van der Waals surface area contributed by atoms with Crippen molar-refractivity contribution in [3.05, 3.63) is 105 Å². The molecule has 0 spiro atoms. The maximum absolute atomic E-state index is 12.8. The number of hydrogen-bond acceptors (Lipinski definition) is 5. The fourth-order valence-electron chi connectivity index (χ4n) is 3.14. The van der Waals surface area contributed by atoms with Crippen molar-refractivity contribution < 1.29 is 9.53 Å². The molecular weight excluding hydrogens is 384 g/mol. The molecule has 2 aromatic heterocycles. The highest BCUT2D eigenvalue weighted by Crippen LogP contribution is 2.17. The normalized spacial score (nSPS) is 11.9. The van der Waals surface area contributed by atoms with Crippen LogP contribution in [-0.4, -0.2) is 15.4 Å². The summed E-state index contributed by atoms with van der Waals surface area (Å²) >= 11 is 1.36. The van der Waals surface area contributed by atoms with Crippen molar-refractivity contribution in [2.45, 2.75) is 0 Å². The smallest absolute Gasteiger partial charge is 0.343 e. The van der Waals surface area contributed by atoms with Gasteiger partial charge in [0, 0.05) is 0 Å². The summed E-state index contributed by atoms with van der Waals surface area (Å²) in [5.74, 6) is 0.0425. The largest absolute Gasteiger partial charge is 0.423 e. The number of hydrogen-bond donors (Lipinski definition) is 0. The van der Waals surface area contributed by atoms with Gasteiger partial charge >= 0.3 is 5.97 Å². The zero-order chi connectivity index (χ0) is 19.8. The molecule has 2 heterocycles. The molecule has 0 fully saturated rings. The lowest BCUT2D eigenvalue weighted by Gasteiger charge is -2.04. The Morgan fingerprint density at radius 3 is 2.45 bits per heavy atom. The quantitative estimate of drug-likeness (QED) is 0.344. The van der Waals surface area contributed by atoms with E-state index in [1.807, 2.05) is 48.5 Å². The van der Waals surface area contributed by atoms with Crippen molar-refractivity contribution in [1.82, 2.24) is 9.38 Å². The van der Waals surface area contributed by atoms with Crippen LogP contribution < -0.4 is 14.8 Å². The molecule has 3 aromatic carbocycles. The monoisotopic (exact) mass is 398 g/mol. The lowest BCUT2D eigenvalue weighted by Crippen LogP contribution is -2.22. The first-order valence-corrected chi connectivity index (χ1v) is 9.80. The standard InChI is InChI=1S/C23H14N2O3S/c26-21-20(29-23-24-18-8-4-5-9-19(18)25(21)23)14-15-10-12-17(13-11-15)28-22(27)16-6-2-1-3-7-16/h1-14H. The number of aromatic nitrogens is 2. The Morgan fingerprint density at radius 2 is 1.66 bits per heavy atom. The summed E-state index contributed by atoms with van der Waals surface area (Å²) in [5, 5.41) is 0. The summed E-state index contributed by atoms with van der Waals surface area (Å²) in [4.78, 5) is 30.1. The number of thiazole rings is 1. The Hall–Kier alpha value is -3.77. The van der Waals surface area contributed by atoms with Gasteiger partial charge in [0.15, 0.2) is 4.96 Å². The number of carbonyl (C=O) groups excluding carboxylic acids is 1. The second-order valence-electron chi connectivity index (χ2n) is 6.46. The van der Waals surface area contributed by atoms with Crippen LogP contribution in [0.25, 0.3) is 22.1 Å². The highest BCUT2D eigenvalue weighted by atomic mass is 32.1. The number of para-hydroxylation sites is 2. The topological polar surface area (TPSA) is 60.7 Å². The predicted octanol–water partition coefficient (Wildman–Crippen LogP) is 3.68. The van der Waals surface area contributed by atoms with E-state index >= 15 is 0 Å². The van der Waals surface area contributed by atoms with Crippen LogP contribution >= 0.6 is 11.3 Å². The van der Waals surface area contributed by atoms with Gasteiger partial charge in [-0.15, -0.1) is 0 Å². The highest BCUT2D eigenvalue weighted by Gasteiger charge is 2.11. The van der Waals surface area contributed by atoms with E-state index in [0.717, 1.165) is 16.6 Å². The third kappa shape index (κ3) is 3.19. The number of esters is 1. The Balaban J connectivity index is 1.45. The molecule has 0 aliphatic rings. The summed E-state index contributed by atoms with van der Waals surface area (Å²) in [6.07, 6.45) is 1.82. The van der Waals surface area contributed by atoms with Crippen LogP contribution in [0.15, 0.2) is 83.7 Å². The summed E-state index contributed by atoms with van der Waals surface area (Å²) < 4.78 is 7.63. The van der Waals surface area contributed by atoms with E-state index in [2.05, 4.69) is 4.98 Å². The van der Waals surface area contributed by atoms with Crippen LogP contribution in [0.1, 0.15) is 15.9 Å². The van der Waals surface area contributed by atoms with Gasteiger partial charge in [0.05, 0.1) is 21.1 Å². The minimum absolute atomic E-state index is 0.0849. The molecule has 0 N–H and O–H groups in total. The Bertz CT molecular complexity index is 1450. The SMILES string of the molecule is O=C(Oc1ccc(C=c2sc3nc4ccccc4n3c2=O)cc1)c1ccccc1. The number of carbonyl (C=O) groups is 1. The Labute approximate surface area is 169 Å². The third-order valence-corrected chi connectivity index (χ3v) is 5.51. The lowest BCUT2D eigenvalue weighted by atomic mass is 10.2. The van der Waals surface area contributed by atoms with Crippen molar-refractivity contribution >= 4 is 39.4 Å². The fraction of sp³-hybridized carbons (Fsp3) is 0. The van der Waals surface area contributed by atoms with Gasteiger partial charge in [-0.2, -0.15) is 0 Å². The zero-order valence-corrected chi connectivity index (χ0v) is 15.9. The summed E-state index contributed by atoms with van der Waals surface area (Å²) in [7, 11) is 0. The summed E-state index contributed by atoms with van der Waals surface area (Å²) in [6.45, 7) is 0. The number of fused-ring (bicyclic) bond motifs is 3. The molecule has 0 radical (unpaired) electrons. The first-order valence-electron chi connectivity index (χ1n) is 8.98. The molecule has 140 valence electrons. The van der Waals surface area contributed by atoms with Crippen LogP contribution in [-0.2, 0) is 0 Å². The average Bonchev–Trinajstić information content (AvgIpc) is 3.26. The van der Waals surface area contributed by atoms with E-state index in [1.54, 1.807) is 40.8 Å². The first-order chi connectivity index (χ1) is 14.2. The van der Waals surface area contributed by atoms with Crippen molar-refractivity contribution in [1.29, 1.82) is 0 Å². The van der Waals surface area contributed by atoms with Crippen molar-refractivity contribution in [3.63, 3.8) is 0 Å². The minimum atomic E-state index is -0.407. The lowest BCUT2D eigenvalue weighted by molar-refractivity contribution is 0.0735. The molecule has 6 heteroatoms. The predicted molar refractivity (Wildman–Crippen MR) is 113 cm³/mol. The highest BCUT2D eigenvalue weighted by molar-refractivity contribution is 7.15. The van der Waals surface area contributed by atoms with E-state index in [4.69, 9.17) is 4.74 Å². The van der Waals surface area contributed by atoms with E-state index in [1.165, 1.54) is 11.3 Å². The second kappa shape index (κ2) is 7.00. The van der Waals surface area contributed by atoms with Gasteiger partial charge in [-0.1, -0.05) is 53.8 Å². The number of ether oxygens (including phenoxy) is 1. The summed E-state index contributed by atoms with van der Waals surface area (Å²) in [6, 6.07) is 23.5. The molecule has 0 bridgehead atoms. The van der Waals surface area contributed by atoms with Gasteiger partial charge < -0.3 is 4.74 Å². The third-order valence-electron chi connectivity index (χ3n) is 4.54. The summed E-state index contributed by atoms with van der Waals surface area (Å²) in [5.41, 5.74) is 2.88. The molecule has 5 aromatic rings. The molecule has 0 saturated heterocycles. The molecule has 0 aliphatic carbocycles. The average molecular weight is 398 g/mol. The van der Waals surface area contributed by atoms with Gasteiger partial charge in [-0.3, -0.25) is 4.79 Å². The van der Waals surface area contributed by atoms with Crippen LogP contribution in [0.3, 0.4) is 0 Å². The molecule has 0 saturated carbocycles. The number of benzene rings is 3. The van der Waals surface area contributed by atoms with E-state index in [9.17, 15) is 9.59 Å². The van der Waals surface area contributed by atoms with Crippen LogP contribution in [0.2, 0.25) is 0 Å². The van der Waals surface area contributed by atoms with Crippen LogP contribution in [0, 0.1) is 0 Å². The van der Waals surface area contributed by atoms with Crippen molar-refractivity contribution in [3.8, 4) is 5.75 Å². The number of rotatable bonds is 3. The fourth-order valence-corrected chi connectivity index (χ4v) is 4.12. The number of imidazole rings is 1. The Kier molecular flexibility index (Phi) is 4.18.